The lowest BCUT2D eigenvalue weighted by Crippen LogP contribution is -1.93. The Morgan fingerprint density at radius 1 is 1.00 bits per heavy atom. The van der Waals surface area contributed by atoms with Crippen LogP contribution in [0.25, 0.3) is 11.1 Å². The van der Waals surface area contributed by atoms with E-state index >= 15 is 0 Å². The van der Waals surface area contributed by atoms with Crippen LogP contribution in [0.1, 0.15) is 10.4 Å². The molecule has 0 aliphatic heterocycles. The highest BCUT2D eigenvalue weighted by atomic mass is 35.5. The van der Waals surface area contributed by atoms with Crippen LogP contribution < -0.4 is 9.47 Å². The summed E-state index contributed by atoms with van der Waals surface area (Å²) in [5.74, 6) is 1.33. The summed E-state index contributed by atoms with van der Waals surface area (Å²) in [6.07, 6.45) is 0. The van der Waals surface area contributed by atoms with E-state index in [2.05, 4.69) is 0 Å². The van der Waals surface area contributed by atoms with Gasteiger partial charge in [0.05, 0.1) is 14.2 Å². The first kappa shape index (κ1) is 13.4. The zero-order valence-corrected chi connectivity index (χ0v) is 11.4. The number of rotatable bonds is 4. The summed E-state index contributed by atoms with van der Waals surface area (Å²) in [4.78, 5) is 11.0. The lowest BCUT2D eigenvalue weighted by molar-refractivity contribution is 0.108. The fourth-order valence-corrected chi connectivity index (χ4v) is 2.02. The highest BCUT2D eigenvalue weighted by Crippen LogP contribution is 2.37. The van der Waals surface area contributed by atoms with Gasteiger partial charge in [0.15, 0.2) is 11.5 Å². The van der Waals surface area contributed by atoms with Crippen molar-refractivity contribution in [3.05, 3.63) is 48.0 Å². The third-order valence-electron chi connectivity index (χ3n) is 2.83. The molecule has 19 heavy (non-hydrogen) atoms. The Hall–Kier alpha value is -2.00. The van der Waals surface area contributed by atoms with Gasteiger partial charge in [-0.3, -0.25) is 4.79 Å². The van der Waals surface area contributed by atoms with Crippen molar-refractivity contribution in [1.29, 1.82) is 0 Å². The Labute approximate surface area is 116 Å². The van der Waals surface area contributed by atoms with Crippen LogP contribution in [0.5, 0.6) is 11.5 Å². The summed E-state index contributed by atoms with van der Waals surface area (Å²) >= 11 is 5.42. The van der Waals surface area contributed by atoms with Gasteiger partial charge in [-0.15, -0.1) is 0 Å². The minimum Gasteiger partial charge on any atom is -0.493 e. The molecule has 0 N–H and O–H groups in total. The molecule has 0 spiro atoms. The molecular weight excluding hydrogens is 264 g/mol. The lowest BCUT2D eigenvalue weighted by atomic mass is 10.0. The monoisotopic (exact) mass is 276 g/mol. The third-order valence-corrected chi connectivity index (χ3v) is 3.04. The predicted octanol–water partition coefficient (Wildman–Crippen LogP) is 3.75. The van der Waals surface area contributed by atoms with Gasteiger partial charge in [0.25, 0.3) is 5.24 Å². The van der Waals surface area contributed by atoms with E-state index in [1.165, 1.54) is 0 Å². The highest BCUT2D eigenvalue weighted by molar-refractivity contribution is 6.67. The van der Waals surface area contributed by atoms with Crippen LogP contribution in [0, 0.1) is 0 Å². The molecule has 4 heteroatoms. The van der Waals surface area contributed by atoms with Gasteiger partial charge in [0.1, 0.15) is 0 Å². The SMILES string of the molecule is COc1cccc(-c2ccc(C(=O)Cl)cc2)c1OC. The van der Waals surface area contributed by atoms with E-state index in [-0.39, 0.29) is 0 Å². The second kappa shape index (κ2) is 5.76. The number of hydrogen-bond donors (Lipinski definition) is 0. The van der Waals surface area contributed by atoms with E-state index in [0.29, 0.717) is 17.1 Å². The molecule has 2 aromatic rings. The van der Waals surface area contributed by atoms with E-state index < -0.39 is 5.24 Å². The minimum absolute atomic E-state index is 0.465. The maximum atomic E-state index is 11.0. The molecule has 0 heterocycles. The second-order valence-electron chi connectivity index (χ2n) is 3.89. The van der Waals surface area contributed by atoms with Crippen LogP contribution in [0.15, 0.2) is 42.5 Å². The van der Waals surface area contributed by atoms with Crippen molar-refractivity contribution >= 4 is 16.8 Å². The Kier molecular flexibility index (Phi) is 4.07. The molecule has 2 rings (SSSR count). The average Bonchev–Trinajstić information content (AvgIpc) is 2.46. The van der Waals surface area contributed by atoms with E-state index in [4.69, 9.17) is 21.1 Å². The van der Waals surface area contributed by atoms with Gasteiger partial charge in [-0.1, -0.05) is 24.3 Å². The van der Waals surface area contributed by atoms with E-state index in [0.717, 1.165) is 11.1 Å². The molecule has 0 saturated carbocycles. The smallest absolute Gasteiger partial charge is 0.252 e. The fourth-order valence-electron chi connectivity index (χ4n) is 1.90. The molecule has 0 aromatic heterocycles. The number of carbonyl (C=O) groups is 1. The number of methoxy groups -OCH3 is 2. The molecule has 0 amide bonds. The average molecular weight is 277 g/mol. The number of carbonyl (C=O) groups excluding carboxylic acids is 1. The molecule has 98 valence electrons. The van der Waals surface area contributed by atoms with Crippen molar-refractivity contribution in [2.75, 3.05) is 14.2 Å². The molecule has 2 aromatic carbocycles. The van der Waals surface area contributed by atoms with E-state index in [9.17, 15) is 4.79 Å². The standard InChI is InChI=1S/C15H13ClO3/c1-18-13-5-3-4-12(14(13)19-2)10-6-8-11(9-7-10)15(16)17/h3-9H,1-2H3. The zero-order valence-electron chi connectivity index (χ0n) is 10.6. The summed E-state index contributed by atoms with van der Waals surface area (Å²) in [5.41, 5.74) is 2.29. The summed E-state index contributed by atoms with van der Waals surface area (Å²) in [6.45, 7) is 0. The molecular formula is C15H13ClO3. The number of benzene rings is 2. The van der Waals surface area contributed by atoms with Crippen molar-refractivity contribution in [3.8, 4) is 22.6 Å². The number of para-hydroxylation sites is 1. The Bertz CT molecular complexity index is 591. The predicted molar refractivity (Wildman–Crippen MR) is 75.2 cm³/mol. The molecule has 0 unspecified atom stereocenters. The van der Waals surface area contributed by atoms with Crippen molar-refractivity contribution < 1.29 is 14.3 Å². The number of ether oxygens (including phenoxy) is 2. The molecule has 0 radical (unpaired) electrons. The second-order valence-corrected chi connectivity index (χ2v) is 4.24. The number of halogens is 1. The molecule has 3 nitrogen and oxygen atoms in total. The van der Waals surface area contributed by atoms with Crippen LogP contribution >= 0.6 is 11.6 Å². The first-order valence-electron chi connectivity index (χ1n) is 5.68. The summed E-state index contributed by atoms with van der Waals surface area (Å²) < 4.78 is 10.6. The van der Waals surface area contributed by atoms with Gasteiger partial charge in [-0.25, -0.2) is 0 Å². The van der Waals surface area contributed by atoms with Gasteiger partial charge in [0.2, 0.25) is 0 Å². The number of hydrogen-bond acceptors (Lipinski definition) is 3. The van der Waals surface area contributed by atoms with Crippen molar-refractivity contribution in [2.24, 2.45) is 0 Å². The maximum Gasteiger partial charge on any atom is 0.252 e. The molecule has 0 bridgehead atoms. The van der Waals surface area contributed by atoms with Crippen LogP contribution in [-0.4, -0.2) is 19.5 Å². The Balaban J connectivity index is 2.49. The van der Waals surface area contributed by atoms with Crippen molar-refractivity contribution in [1.82, 2.24) is 0 Å². The topological polar surface area (TPSA) is 35.5 Å². The first-order chi connectivity index (χ1) is 9.17. The largest absolute Gasteiger partial charge is 0.493 e. The zero-order chi connectivity index (χ0) is 13.8. The normalized spacial score (nSPS) is 10.1. The van der Waals surface area contributed by atoms with Gasteiger partial charge >= 0.3 is 0 Å². The first-order valence-corrected chi connectivity index (χ1v) is 6.06. The fraction of sp³-hybridized carbons (Fsp3) is 0.133. The molecule has 0 atom stereocenters. The summed E-state index contributed by atoms with van der Waals surface area (Å²) in [7, 11) is 3.19. The highest BCUT2D eigenvalue weighted by Gasteiger charge is 2.11. The summed E-state index contributed by atoms with van der Waals surface area (Å²) in [5, 5.41) is -0.468. The van der Waals surface area contributed by atoms with Crippen LogP contribution in [0.4, 0.5) is 0 Å². The van der Waals surface area contributed by atoms with E-state index in [1.807, 2.05) is 30.3 Å². The maximum absolute atomic E-state index is 11.0. The lowest BCUT2D eigenvalue weighted by Gasteiger charge is -2.12. The molecule has 0 aliphatic carbocycles. The Morgan fingerprint density at radius 3 is 2.21 bits per heavy atom. The van der Waals surface area contributed by atoms with Gasteiger partial charge in [-0.05, 0) is 35.4 Å². The Morgan fingerprint density at radius 2 is 1.68 bits per heavy atom. The van der Waals surface area contributed by atoms with Gasteiger partial charge < -0.3 is 9.47 Å². The molecule has 0 aliphatic rings. The molecule has 0 fully saturated rings. The van der Waals surface area contributed by atoms with Crippen LogP contribution in [0.2, 0.25) is 0 Å². The van der Waals surface area contributed by atoms with Gasteiger partial charge in [-0.2, -0.15) is 0 Å². The van der Waals surface area contributed by atoms with Crippen molar-refractivity contribution in [3.63, 3.8) is 0 Å². The molecule has 0 saturated heterocycles. The third kappa shape index (κ3) is 2.71. The van der Waals surface area contributed by atoms with Crippen LogP contribution in [0.3, 0.4) is 0 Å². The minimum atomic E-state index is -0.468. The van der Waals surface area contributed by atoms with Gasteiger partial charge in [0, 0.05) is 11.1 Å². The van der Waals surface area contributed by atoms with Crippen molar-refractivity contribution in [2.45, 2.75) is 0 Å². The van der Waals surface area contributed by atoms with Crippen LogP contribution in [-0.2, 0) is 0 Å². The summed E-state index contributed by atoms with van der Waals surface area (Å²) in [6, 6.07) is 12.7. The quantitative estimate of drug-likeness (QED) is 0.798. The van der Waals surface area contributed by atoms with E-state index in [1.54, 1.807) is 26.4 Å².